The summed E-state index contributed by atoms with van der Waals surface area (Å²) in [5, 5.41) is 0. The smallest absolute Gasteiger partial charge is 0.339 e. The van der Waals surface area contributed by atoms with Crippen LogP contribution in [0, 0.1) is 0 Å². The van der Waals surface area contributed by atoms with Crippen molar-refractivity contribution in [3.05, 3.63) is 53.1 Å². The van der Waals surface area contributed by atoms with Gasteiger partial charge in [0, 0.05) is 17.2 Å². The molecule has 0 bridgehead atoms. The molecule has 2 aliphatic carbocycles. The number of carbonyl (C=O) groups is 2. The topological polar surface area (TPSA) is 52.6 Å². The molecule has 26 heavy (non-hydrogen) atoms. The largest absolute Gasteiger partial charge is 0.451 e. The van der Waals surface area contributed by atoms with Gasteiger partial charge in [-0.25, -0.2) is 9.59 Å². The first kappa shape index (κ1) is 15.9. The third-order valence-corrected chi connectivity index (χ3v) is 6.40. The Kier molecular flexibility index (Phi) is 3.40. The van der Waals surface area contributed by atoms with Crippen LogP contribution in [0.15, 0.2) is 47.6 Å². The molecule has 0 radical (unpaired) electrons. The van der Waals surface area contributed by atoms with Crippen LogP contribution in [0.25, 0.3) is 5.57 Å². The zero-order valence-corrected chi connectivity index (χ0v) is 14.8. The molecule has 134 valence electrons. The molecule has 0 aromatic heterocycles. The number of rotatable bonds is 2. The van der Waals surface area contributed by atoms with E-state index in [9.17, 15) is 9.59 Å². The molecular formula is C22H22O4. The third kappa shape index (κ3) is 2.14. The van der Waals surface area contributed by atoms with E-state index in [0.29, 0.717) is 5.57 Å². The predicted molar refractivity (Wildman–Crippen MR) is 96.0 cm³/mol. The average Bonchev–Trinajstić information content (AvgIpc) is 3.39. The molecule has 4 heteroatoms. The summed E-state index contributed by atoms with van der Waals surface area (Å²) in [5.41, 5.74) is 2.16. The maximum absolute atomic E-state index is 13.1. The lowest BCUT2D eigenvalue weighted by Gasteiger charge is -2.28. The van der Waals surface area contributed by atoms with Crippen LogP contribution in [0.1, 0.15) is 56.9 Å². The summed E-state index contributed by atoms with van der Waals surface area (Å²) in [6.45, 7) is 0. The van der Waals surface area contributed by atoms with E-state index < -0.39 is 11.2 Å². The zero-order chi connectivity index (χ0) is 17.8. The molecule has 2 fully saturated rings. The Balaban J connectivity index is 1.74. The second-order valence-electron chi connectivity index (χ2n) is 7.89. The highest BCUT2D eigenvalue weighted by molar-refractivity contribution is 6.10. The summed E-state index contributed by atoms with van der Waals surface area (Å²) < 4.78 is 11.8. The van der Waals surface area contributed by atoms with Crippen molar-refractivity contribution in [3.8, 4) is 0 Å². The van der Waals surface area contributed by atoms with Crippen molar-refractivity contribution in [2.24, 2.45) is 0 Å². The number of hydrogen-bond acceptors (Lipinski definition) is 4. The number of ether oxygens (including phenoxy) is 2. The summed E-state index contributed by atoms with van der Waals surface area (Å²) in [5.74, 6) is -0.622. The molecule has 4 aliphatic rings. The standard InChI is InChI=1S/C22H22O4/c23-17-14-16(21(25-17)10-4-5-11-21)18-19(15-8-2-1-3-9-15)22(26-20(18)24)12-6-7-13-22/h1-3,8-9,14H,4-7,10-13H2. The van der Waals surface area contributed by atoms with E-state index in [1.807, 2.05) is 30.3 Å². The van der Waals surface area contributed by atoms with Gasteiger partial charge in [0.2, 0.25) is 0 Å². The first-order valence-corrected chi connectivity index (χ1v) is 9.63. The number of benzene rings is 1. The van der Waals surface area contributed by atoms with Gasteiger partial charge in [-0.3, -0.25) is 0 Å². The van der Waals surface area contributed by atoms with Crippen molar-refractivity contribution in [1.82, 2.24) is 0 Å². The first-order chi connectivity index (χ1) is 12.6. The Hall–Kier alpha value is -2.36. The molecule has 2 saturated carbocycles. The first-order valence-electron chi connectivity index (χ1n) is 9.63. The lowest BCUT2D eigenvalue weighted by molar-refractivity contribution is -0.148. The van der Waals surface area contributed by atoms with Gasteiger partial charge < -0.3 is 9.47 Å². The SMILES string of the molecule is O=C1C=C(C2=C(c3ccccc3)C3(CCCC3)OC2=O)C2(CCCC2)O1. The van der Waals surface area contributed by atoms with Crippen molar-refractivity contribution in [3.63, 3.8) is 0 Å². The molecule has 4 nitrogen and oxygen atoms in total. The van der Waals surface area contributed by atoms with Crippen LogP contribution >= 0.6 is 0 Å². The van der Waals surface area contributed by atoms with Crippen LogP contribution in [0.5, 0.6) is 0 Å². The lowest BCUT2D eigenvalue weighted by atomic mass is 9.79. The minimum Gasteiger partial charge on any atom is -0.451 e. The van der Waals surface area contributed by atoms with Gasteiger partial charge in [-0.05, 0) is 56.9 Å². The normalized spacial score (nSPS) is 25.9. The second kappa shape index (κ2) is 5.57. The van der Waals surface area contributed by atoms with Crippen LogP contribution in [-0.4, -0.2) is 23.1 Å². The molecule has 1 aromatic carbocycles. The number of esters is 2. The number of carbonyl (C=O) groups excluding carboxylic acids is 2. The molecule has 1 aromatic rings. The minimum absolute atomic E-state index is 0.290. The predicted octanol–water partition coefficient (Wildman–Crippen LogP) is 4.11. The summed E-state index contributed by atoms with van der Waals surface area (Å²) in [4.78, 5) is 25.2. The summed E-state index contributed by atoms with van der Waals surface area (Å²) >= 11 is 0. The van der Waals surface area contributed by atoms with Crippen molar-refractivity contribution >= 4 is 17.5 Å². The van der Waals surface area contributed by atoms with Crippen molar-refractivity contribution in [2.75, 3.05) is 0 Å². The van der Waals surface area contributed by atoms with Gasteiger partial charge in [-0.2, -0.15) is 0 Å². The van der Waals surface area contributed by atoms with Gasteiger partial charge in [0.15, 0.2) is 0 Å². The van der Waals surface area contributed by atoms with Gasteiger partial charge in [-0.1, -0.05) is 30.3 Å². The molecule has 2 aliphatic heterocycles. The van der Waals surface area contributed by atoms with E-state index in [1.165, 1.54) is 0 Å². The fraction of sp³-hybridized carbons (Fsp3) is 0.455. The molecule has 0 N–H and O–H groups in total. The Labute approximate surface area is 152 Å². The number of hydrogen-bond donors (Lipinski definition) is 0. The Morgan fingerprint density at radius 2 is 1.38 bits per heavy atom. The molecule has 0 amide bonds. The average molecular weight is 350 g/mol. The summed E-state index contributed by atoms with van der Waals surface area (Å²) in [7, 11) is 0. The van der Waals surface area contributed by atoms with Crippen LogP contribution in [0.4, 0.5) is 0 Å². The van der Waals surface area contributed by atoms with Gasteiger partial charge >= 0.3 is 11.9 Å². The van der Waals surface area contributed by atoms with E-state index >= 15 is 0 Å². The van der Waals surface area contributed by atoms with Crippen LogP contribution < -0.4 is 0 Å². The molecular weight excluding hydrogens is 328 g/mol. The quantitative estimate of drug-likeness (QED) is 0.754. The Bertz CT molecular complexity index is 834. The second-order valence-corrected chi connectivity index (χ2v) is 7.89. The van der Waals surface area contributed by atoms with Crippen molar-refractivity contribution in [2.45, 2.75) is 62.6 Å². The van der Waals surface area contributed by atoms with E-state index in [0.717, 1.165) is 68.1 Å². The highest BCUT2D eigenvalue weighted by Gasteiger charge is 2.55. The molecule has 0 saturated heterocycles. The Morgan fingerprint density at radius 1 is 0.769 bits per heavy atom. The highest BCUT2D eigenvalue weighted by Crippen LogP contribution is 2.55. The zero-order valence-electron chi connectivity index (χ0n) is 14.8. The van der Waals surface area contributed by atoms with E-state index in [1.54, 1.807) is 6.08 Å². The fourth-order valence-electron chi connectivity index (χ4n) is 5.31. The van der Waals surface area contributed by atoms with Crippen molar-refractivity contribution in [1.29, 1.82) is 0 Å². The van der Waals surface area contributed by atoms with Crippen LogP contribution in [-0.2, 0) is 19.1 Å². The van der Waals surface area contributed by atoms with Gasteiger partial charge in [0.1, 0.15) is 11.2 Å². The molecule has 0 unspecified atom stereocenters. The molecule has 2 spiro atoms. The summed E-state index contributed by atoms with van der Waals surface area (Å²) in [6, 6.07) is 10.0. The van der Waals surface area contributed by atoms with Gasteiger partial charge in [-0.15, -0.1) is 0 Å². The molecule has 5 rings (SSSR count). The minimum atomic E-state index is -0.629. The van der Waals surface area contributed by atoms with E-state index in [4.69, 9.17) is 9.47 Å². The molecule has 0 atom stereocenters. The van der Waals surface area contributed by atoms with Crippen molar-refractivity contribution < 1.29 is 19.1 Å². The van der Waals surface area contributed by atoms with E-state index in [-0.39, 0.29) is 11.9 Å². The van der Waals surface area contributed by atoms with Crippen LogP contribution in [0.3, 0.4) is 0 Å². The van der Waals surface area contributed by atoms with Crippen LogP contribution in [0.2, 0.25) is 0 Å². The van der Waals surface area contributed by atoms with Gasteiger partial charge in [0.05, 0.1) is 5.57 Å². The van der Waals surface area contributed by atoms with E-state index in [2.05, 4.69) is 0 Å². The summed E-state index contributed by atoms with van der Waals surface area (Å²) in [6.07, 6.45) is 8.94. The lowest BCUT2D eigenvalue weighted by Crippen LogP contribution is -2.30. The Morgan fingerprint density at radius 3 is 2.04 bits per heavy atom. The monoisotopic (exact) mass is 350 g/mol. The highest BCUT2D eigenvalue weighted by atomic mass is 16.6. The van der Waals surface area contributed by atoms with Gasteiger partial charge in [0.25, 0.3) is 0 Å². The maximum atomic E-state index is 13.1. The molecule has 2 heterocycles. The third-order valence-electron chi connectivity index (χ3n) is 6.40. The fourth-order valence-corrected chi connectivity index (χ4v) is 5.31. The maximum Gasteiger partial charge on any atom is 0.339 e.